The molecule has 0 bridgehead atoms. The Labute approximate surface area is 108 Å². The predicted molar refractivity (Wildman–Crippen MR) is 57.2 cm³/mol. The summed E-state index contributed by atoms with van der Waals surface area (Å²) in [5.41, 5.74) is -0.809. The maximum Gasteiger partial charge on any atom is 0.305 e. The van der Waals surface area contributed by atoms with Gasteiger partial charge in [-0.05, 0) is 6.07 Å². The van der Waals surface area contributed by atoms with Crippen LogP contribution >= 0.6 is 0 Å². The number of benzene rings is 1. The Morgan fingerprint density at radius 2 is 1.75 bits per heavy atom. The third-order valence-corrected chi connectivity index (χ3v) is 2.18. The molecule has 0 unspecified atom stereocenters. The maximum atomic E-state index is 13.3. The number of nitro benzene ring substituents is 1. The van der Waals surface area contributed by atoms with Gasteiger partial charge in [-0.2, -0.15) is 13.8 Å². The van der Waals surface area contributed by atoms with Crippen LogP contribution in [0.3, 0.4) is 0 Å². The van der Waals surface area contributed by atoms with Gasteiger partial charge in [0.1, 0.15) is 5.75 Å². The van der Waals surface area contributed by atoms with Gasteiger partial charge in [-0.25, -0.2) is 8.78 Å². The standard InChI is InChI=1S/C11H4F4N2O3/c12-6-3-5(1-2-9(6)17(18)19)20-11-8(14)4-7(13)10(15)16-11/h1-4H. The molecule has 0 saturated heterocycles. The molecule has 5 nitrogen and oxygen atoms in total. The summed E-state index contributed by atoms with van der Waals surface area (Å²) >= 11 is 0. The smallest absolute Gasteiger partial charge is 0.305 e. The Balaban J connectivity index is 2.33. The van der Waals surface area contributed by atoms with Crippen molar-refractivity contribution in [1.29, 1.82) is 0 Å². The molecule has 104 valence electrons. The number of rotatable bonds is 3. The lowest BCUT2D eigenvalue weighted by atomic mass is 10.3. The Morgan fingerprint density at radius 3 is 2.35 bits per heavy atom. The Kier molecular flexibility index (Phi) is 3.51. The summed E-state index contributed by atoms with van der Waals surface area (Å²) < 4.78 is 56.7. The Hall–Kier alpha value is -2.71. The van der Waals surface area contributed by atoms with Crippen molar-refractivity contribution in [3.8, 4) is 11.6 Å². The van der Waals surface area contributed by atoms with Gasteiger partial charge in [-0.15, -0.1) is 0 Å². The van der Waals surface area contributed by atoms with E-state index in [0.29, 0.717) is 6.07 Å². The maximum absolute atomic E-state index is 13.3. The number of nitrogens with zero attached hydrogens (tertiary/aromatic N) is 2. The second-order valence-electron chi connectivity index (χ2n) is 3.52. The predicted octanol–water partition coefficient (Wildman–Crippen LogP) is 3.34. The average Bonchev–Trinajstić information content (AvgIpc) is 2.35. The number of aromatic nitrogens is 1. The molecule has 0 amide bonds. The van der Waals surface area contributed by atoms with Crippen LogP contribution in [0.1, 0.15) is 0 Å². The topological polar surface area (TPSA) is 65.3 Å². The number of nitro groups is 1. The van der Waals surface area contributed by atoms with E-state index >= 15 is 0 Å². The second kappa shape index (κ2) is 5.11. The minimum atomic E-state index is -1.59. The van der Waals surface area contributed by atoms with Gasteiger partial charge in [-0.1, -0.05) is 0 Å². The average molecular weight is 288 g/mol. The Bertz CT molecular complexity index is 694. The Morgan fingerprint density at radius 1 is 1.05 bits per heavy atom. The summed E-state index contributed by atoms with van der Waals surface area (Å²) in [5.74, 6) is -6.91. The van der Waals surface area contributed by atoms with E-state index in [0.717, 1.165) is 12.1 Å². The summed E-state index contributed by atoms with van der Waals surface area (Å²) in [6.07, 6.45) is 0. The summed E-state index contributed by atoms with van der Waals surface area (Å²) in [4.78, 5) is 12.3. The van der Waals surface area contributed by atoms with Gasteiger partial charge in [0.05, 0.1) is 4.92 Å². The third kappa shape index (κ3) is 2.66. The van der Waals surface area contributed by atoms with Gasteiger partial charge in [-0.3, -0.25) is 10.1 Å². The molecule has 2 rings (SSSR count). The van der Waals surface area contributed by atoms with Gasteiger partial charge >= 0.3 is 5.69 Å². The molecule has 1 aromatic carbocycles. The quantitative estimate of drug-likeness (QED) is 0.376. The van der Waals surface area contributed by atoms with E-state index < -0.39 is 39.9 Å². The normalized spacial score (nSPS) is 10.4. The number of pyridine rings is 1. The van der Waals surface area contributed by atoms with Crippen LogP contribution in [-0.2, 0) is 0 Å². The lowest BCUT2D eigenvalue weighted by molar-refractivity contribution is -0.387. The molecule has 0 aliphatic carbocycles. The second-order valence-corrected chi connectivity index (χ2v) is 3.52. The fourth-order valence-electron chi connectivity index (χ4n) is 1.31. The highest BCUT2D eigenvalue weighted by Gasteiger charge is 2.17. The molecule has 0 atom stereocenters. The highest BCUT2D eigenvalue weighted by atomic mass is 19.2. The zero-order valence-electron chi connectivity index (χ0n) is 9.44. The molecule has 0 saturated carbocycles. The molecule has 0 radical (unpaired) electrons. The highest BCUT2D eigenvalue weighted by Crippen LogP contribution is 2.27. The van der Waals surface area contributed by atoms with Crippen molar-refractivity contribution < 1.29 is 27.2 Å². The first kappa shape index (κ1) is 13.7. The number of hydrogen-bond acceptors (Lipinski definition) is 4. The zero-order chi connectivity index (χ0) is 14.9. The molecule has 0 N–H and O–H groups in total. The van der Waals surface area contributed by atoms with Crippen molar-refractivity contribution in [2.24, 2.45) is 0 Å². The third-order valence-electron chi connectivity index (χ3n) is 2.18. The van der Waals surface area contributed by atoms with Gasteiger partial charge < -0.3 is 4.74 Å². The van der Waals surface area contributed by atoms with Crippen LogP contribution < -0.4 is 4.74 Å². The minimum Gasteiger partial charge on any atom is -0.436 e. The molecule has 2 aromatic rings. The van der Waals surface area contributed by atoms with E-state index in [4.69, 9.17) is 4.74 Å². The van der Waals surface area contributed by atoms with E-state index in [1.807, 2.05) is 0 Å². The van der Waals surface area contributed by atoms with Gasteiger partial charge in [0.15, 0.2) is 11.6 Å². The van der Waals surface area contributed by atoms with Crippen molar-refractivity contribution in [2.45, 2.75) is 0 Å². The minimum absolute atomic E-state index is 0.208. The first-order valence-corrected chi connectivity index (χ1v) is 5.02. The molecule has 0 aliphatic rings. The zero-order valence-corrected chi connectivity index (χ0v) is 9.44. The molecule has 1 aromatic heterocycles. The molecule has 0 spiro atoms. The number of hydrogen-bond donors (Lipinski definition) is 0. The monoisotopic (exact) mass is 288 g/mol. The molecular formula is C11H4F4N2O3. The molecule has 20 heavy (non-hydrogen) atoms. The van der Waals surface area contributed by atoms with Crippen molar-refractivity contribution >= 4 is 5.69 Å². The fourth-order valence-corrected chi connectivity index (χ4v) is 1.31. The summed E-state index contributed by atoms with van der Waals surface area (Å²) in [5, 5.41) is 10.4. The van der Waals surface area contributed by atoms with E-state index in [2.05, 4.69) is 4.98 Å². The van der Waals surface area contributed by atoms with Crippen LogP contribution in [0, 0.1) is 33.5 Å². The molecule has 1 heterocycles. The van der Waals surface area contributed by atoms with Crippen LogP contribution in [0.4, 0.5) is 23.2 Å². The first-order valence-electron chi connectivity index (χ1n) is 5.02. The lowest BCUT2D eigenvalue weighted by Crippen LogP contribution is -1.99. The van der Waals surface area contributed by atoms with Crippen LogP contribution in [0.5, 0.6) is 11.6 Å². The SMILES string of the molecule is O=[N+]([O-])c1ccc(Oc2nc(F)c(F)cc2F)cc1F. The number of ether oxygens (including phenoxy) is 1. The first-order chi connectivity index (χ1) is 9.38. The van der Waals surface area contributed by atoms with Crippen molar-refractivity contribution in [3.05, 3.63) is 57.8 Å². The molecule has 0 aliphatic heterocycles. The van der Waals surface area contributed by atoms with Crippen LogP contribution in [-0.4, -0.2) is 9.91 Å². The van der Waals surface area contributed by atoms with E-state index in [-0.39, 0.29) is 11.8 Å². The van der Waals surface area contributed by atoms with Crippen molar-refractivity contribution in [2.75, 3.05) is 0 Å². The number of halogens is 4. The lowest BCUT2D eigenvalue weighted by Gasteiger charge is -2.06. The van der Waals surface area contributed by atoms with E-state index in [1.165, 1.54) is 0 Å². The van der Waals surface area contributed by atoms with Gasteiger partial charge in [0, 0.05) is 18.2 Å². The van der Waals surface area contributed by atoms with Crippen LogP contribution in [0.2, 0.25) is 0 Å². The fraction of sp³-hybridized carbons (Fsp3) is 0. The summed E-state index contributed by atoms with van der Waals surface area (Å²) in [6.45, 7) is 0. The van der Waals surface area contributed by atoms with Crippen LogP contribution in [0.15, 0.2) is 24.3 Å². The van der Waals surface area contributed by atoms with Crippen molar-refractivity contribution in [1.82, 2.24) is 4.98 Å². The van der Waals surface area contributed by atoms with Crippen molar-refractivity contribution in [3.63, 3.8) is 0 Å². The molecule has 9 heteroatoms. The van der Waals surface area contributed by atoms with Crippen LogP contribution in [0.25, 0.3) is 0 Å². The largest absolute Gasteiger partial charge is 0.436 e. The van der Waals surface area contributed by atoms with Gasteiger partial charge in [0.2, 0.25) is 5.82 Å². The summed E-state index contributed by atoms with van der Waals surface area (Å²) in [7, 11) is 0. The summed E-state index contributed by atoms with van der Waals surface area (Å²) in [6, 6.07) is 2.55. The highest BCUT2D eigenvalue weighted by molar-refractivity contribution is 5.39. The van der Waals surface area contributed by atoms with Gasteiger partial charge in [0.25, 0.3) is 11.8 Å². The molecular weight excluding hydrogens is 284 g/mol. The van der Waals surface area contributed by atoms with E-state index in [1.54, 1.807) is 0 Å². The molecule has 0 fully saturated rings. The van der Waals surface area contributed by atoms with E-state index in [9.17, 15) is 27.7 Å².